The molecule has 6 rings (SSSR count). The van der Waals surface area contributed by atoms with Crippen LogP contribution in [0.4, 0.5) is 5.69 Å². The maximum absolute atomic E-state index is 10.8. The summed E-state index contributed by atoms with van der Waals surface area (Å²) >= 11 is 6.27. The lowest BCUT2D eigenvalue weighted by Gasteiger charge is -2.29. The Kier molecular flexibility index (Phi) is 3.19. The molecule has 10 heteroatoms. The van der Waals surface area contributed by atoms with Gasteiger partial charge in [0.25, 0.3) is 5.89 Å². The molecule has 1 saturated carbocycles. The molecule has 9 nitrogen and oxygen atoms in total. The van der Waals surface area contributed by atoms with Gasteiger partial charge in [-0.3, -0.25) is 8.99 Å². The molecule has 0 amide bonds. The van der Waals surface area contributed by atoms with Crippen LogP contribution in [0.25, 0.3) is 28.9 Å². The first kappa shape index (κ1) is 16.1. The smallest absolute Gasteiger partial charge is 0.296 e. The first-order valence-electron chi connectivity index (χ1n) is 9.18. The van der Waals surface area contributed by atoms with Gasteiger partial charge in [0.2, 0.25) is 11.6 Å². The summed E-state index contributed by atoms with van der Waals surface area (Å²) in [6.45, 7) is 0.500. The number of benzene rings is 1. The van der Waals surface area contributed by atoms with E-state index < -0.39 is 5.60 Å². The normalized spacial score (nSPS) is 19.4. The number of anilines is 1. The van der Waals surface area contributed by atoms with Crippen molar-refractivity contribution in [2.24, 2.45) is 0 Å². The molecule has 0 saturated heterocycles. The zero-order valence-corrected chi connectivity index (χ0v) is 15.5. The van der Waals surface area contributed by atoms with Gasteiger partial charge in [0.05, 0.1) is 11.9 Å². The van der Waals surface area contributed by atoms with Gasteiger partial charge in [-0.25, -0.2) is 0 Å². The Morgan fingerprint density at radius 1 is 1.11 bits per heavy atom. The number of aromatic nitrogens is 5. The van der Waals surface area contributed by atoms with Crippen molar-refractivity contribution < 1.29 is 9.63 Å². The molecular weight excluding hydrogens is 382 g/mol. The van der Waals surface area contributed by atoms with Gasteiger partial charge >= 0.3 is 0 Å². The number of fused-ring (bicyclic) bond motifs is 6. The van der Waals surface area contributed by atoms with Crippen molar-refractivity contribution in [3.63, 3.8) is 0 Å². The van der Waals surface area contributed by atoms with E-state index in [1.54, 1.807) is 4.42 Å². The first-order valence-corrected chi connectivity index (χ1v) is 9.52. The van der Waals surface area contributed by atoms with Crippen LogP contribution in [0, 0.1) is 0 Å². The monoisotopic (exact) mass is 397 g/mol. The van der Waals surface area contributed by atoms with Crippen LogP contribution < -0.4 is 4.90 Å². The van der Waals surface area contributed by atoms with Gasteiger partial charge in [0, 0.05) is 17.3 Å². The van der Waals surface area contributed by atoms with E-state index in [0.717, 1.165) is 29.9 Å². The summed E-state index contributed by atoms with van der Waals surface area (Å²) in [5.74, 6) is 2.45. The van der Waals surface area contributed by atoms with Crippen molar-refractivity contribution in [2.75, 3.05) is 11.6 Å². The molecule has 0 radical (unpaired) electrons. The standard InChI is InChI=1S/C18H16ClN7O2/c19-24-9-13-25(10-24)12-6-2-1-5-11(12)14-21-22-15(26(13)14)16-20-17(23-28-16)18(27)7-3-4-8-18/h1-2,5-6,9,27H,3-4,7-8,10H2. The molecule has 2 aromatic heterocycles. The van der Waals surface area contributed by atoms with E-state index >= 15 is 0 Å². The summed E-state index contributed by atoms with van der Waals surface area (Å²) in [5.41, 5.74) is 0.930. The van der Waals surface area contributed by atoms with Gasteiger partial charge in [0.1, 0.15) is 18.1 Å². The van der Waals surface area contributed by atoms with Crippen molar-refractivity contribution >= 4 is 23.3 Å². The van der Waals surface area contributed by atoms with E-state index in [1.807, 2.05) is 35.0 Å². The quantitative estimate of drug-likeness (QED) is 0.659. The number of para-hydroxylation sites is 1. The maximum Gasteiger partial charge on any atom is 0.296 e. The van der Waals surface area contributed by atoms with Gasteiger partial charge in [-0.1, -0.05) is 17.3 Å². The second kappa shape index (κ2) is 5.55. The summed E-state index contributed by atoms with van der Waals surface area (Å²) < 4.78 is 8.92. The van der Waals surface area contributed by atoms with Crippen molar-refractivity contribution in [1.29, 1.82) is 0 Å². The number of hydrogen-bond donors (Lipinski definition) is 1. The molecule has 4 heterocycles. The average Bonchev–Trinajstić information content (AvgIpc) is 3.46. The second-order valence-electron chi connectivity index (χ2n) is 7.32. The highest BCUT2D eigenvalue weighted by Crippen LogP contribution is 2.44. The van der Waals surface area contributed by atoms with Gasteiger partial charge in [-0.2, -0.15) is 4.98 Å². The van der Waals surface area contributed by atoms with Crippen molar-refractivity contribution in [1.82, 2.24) is 29.3 Å². The van der Waals surface area contributed by atoms with Crippen LogP contribution in [0.3, 0.4) is 0 Å². The largest absolute Gasteiger partial charge is 0.382 e. The first-order chi connectivity index (χ1) is 13.6. The average molecular weight is 398 g/mol. The topological polar surface area (TPSA) is 96.3 Å². The molecule has 0 bridgehead atoms. The molecule has 2 aliphatic heterocycles. The lowest BCUT2D eigenvalue weighted by Crippen LogP contribution is -2.28. The highest BCUT2D eigenvalue weighted by molar-refractivity contribution is 6.15. The Hall–Kier alpha value is -2.91. The number of aliphatic hydroxyl groups is 1. The highest BCUT2D eigenvalue weighted by atomic mass is 35.5. The fourth-order valence-corrected chi connectivity index (χ4v) is 4.41. The minimum Gasteiger partial charge on any atom is -0.382 e. The van der Waals surface area contributed by atoms with Crippen LogP contribution in [0.15, 0.2) is 35.0 Å². The van der Waals surface area contributed by atoms with Gasteiger partial charge in [-0.05, 0) is 37.8 Å². The van der Waals surface area contributed by atoms with Gasteiger partial charge < -0.3 is 14.5 Å². The molecule has 1 aromatic carbocycles. The number of hydrogen-bond acceptors (Lipinski definition) is 8. The van der Waals surface area contributed by atoms with E-state index in [9.17, 15) is 5.11 Å². The van der Waals surface area contributed by atoms with Crippen LogP contribution in [-0.2, 0) is 5.60 Å². The minimum absolute atomic E-state index is 0.224. The van der Waals surface area contributed by atoms with Crippen LogP contribution >= 0.6 is 11.8 Å². The second-order valence-corrected chi connectivity index (χ2v) is 7.75. The Balaban J connectivity index is 1.51. The van der Waals surface area contributed by atoms with Crippen molar-refractivity contribution in [2.45, 2.75) is 31.3 Å². The van der Waals surface area contributed by atoms with Gasteiger partial charge in [-0.15, -0.1) is 10.2 Å². The zero-order valence-electron chi connectivity index (χ0n) is 14.8. The van der Waals surface area contributed by atoms with Gasteiger partial charge in [0.15, 0.2) is 5.82 Å². The lowest BCUT2D eigenvalue weighted by atomic mass is 10.0. The predicted octanol–water partition coefficient (Wildman–Crippen LogP) is 2.76. The molecule has 1 N–H and O–H groups in total. The molecule has 3 aliphatic rings. The van der Waals surface area contributed by atoms with E-state index in [4.69, 9.17) is 16.3 Å². The maximum atomic E-state index is 10.8. The third-order valence-corrected chi connectivity index (χ3v) is 5.81. The van der Waals surface area contributed by atoms with Crippen molar-refractivity contribution in [3.8, 4) is 23.1 Å². The zero-order chi connectivity index (χ0) is 18.9. The Labute approximate surface area is 164 Å². The minimum atomic E-state index is -1.02. The molecule has 1 aliphatic carbocycles. The van der Waals surface area contributed by atoms with E-state index in [2.05, 4.69) is 25.2 Å². The summed E-state index contributed by atoms with van der Waals surface area (Å²) in [6, 6.07) is 7.96. The third kappa shape index (κ3) is 2.11. The number of halogens is 1. The molecule has 1 fully saturated rings. The van der Waals surface area contributed by atoms with E-state index in [0.29, 0.717) is 37.0 Å². The fraction of sp³-hybridized carbons (Fsp3) is 0.333. The Bertz CT molecular complexity index is 1110. The molecule has 0 atom stereocenters. The van der Waals surface area contributed by atoms with E-state index in [-0.39, 0.29) is 5.89 Å². The fourth-order valence-electron chi connectivity index (χ4n) is 4.22. The van der Waals surface area contributed by atoms with Crippen LogP contribution in [0.2, 0.25) is 0 Å². The van der Waals surface area contributed by atoms with E-state index in [1.165, 1.54) is 0 Å². The lowest BCUT2D eigenvalue weighted by molar-refractivity contribution is 0.0328. The highest BCUT2D eigenvalue weighted by Gasteiger charge is 2.40. The Morgan fingerprint density at radius 3 is 2.75 bits per heavy atom. The number of nitrogens with zero attached hydrogens (tertiary/aromatic N) is 7. The SMILES string of the molecule is OC1(c2noc(-c3nnc4n3C3=CN(Cl)CN3c3ccccc3-4)n2)CCCC1. The van der Waals surface area contributed by atoms with Crippen LogP contribution in [-0.4, -0.2) is 41.1 Å². The van der Waals surface area contributed by atoms with Crippen LogP contribution in [0.5, 0.6) is 0 Å². The van der Waals surface area contributed by atoms with Crippen molar-refractivity contribution in [3.05, 3.63) is 36.3 Å². The summed E-state index contributed by atoms with van der Waals surface area (Å²) in [6.07, 6.45) is 4.99. The summed E-state index contributed by atoms with van der Waals surface area (Å²) in [5, 5.41) is 23.5. The molecule has 28 heavy (non-hydrogen) atoms. The number of rotatable bonds is 2. The molecule has 142 valence electrons. The van der Waals surface area contributed by atoms with Crippen LogP contribution in [0.1, 0.15) is 31.5 Å². The molecule has 3 aromatic rings. The Morgan fingerprint density at radius 2 is 1.89 bits per heavy atom. The summed E-state index contributed by atoms with van der Waals surface area (Å²) in [7, 11) is 0. The molecule has 0 spiro atoms. The summed E-state index contributed by atoms with van der Waals surface area (Å²) in [4.78, 5) is 6.53. The molecule has 0 unspecified atom stereocenters. The molecular formula is C18H16ClN7O2. The predicted molar refractivity (Wildman–Crippen MR) is 100 cm³/mol. The third-order valence-electron chi connectivity index (χ3n) is 5.60.